The molecule has 0 radical (unpaired) electrons. The van der Waals surface area contributed by atoms with Gasteiger partial charge in [0.1, 0.15) is 0 Å². The predicted octanol–water partition coefficient (Wildman–Crippen LogP) is 4.47. The predicted molar refractivity (Wildman–Crippen MR) is 87.9 cm³/mol. The monoisotopic (exact) mass is 287 g/mol. The van der Waals surface area contributed by atoms with Gasteiger partial charge in [-0.3, -0.25) is 0 Å². The van der Waals surface area contributed by atoms with Crippen LogP contribution in [0.5, 0.6) is 0 Å². The molecule has 0 spiro atoms. The zero-order valence-electron chi connectivity index (χ0n) is 12.0. The van der Waals surface area contributed by atoms with Gasteiger partial charge in [-0.1, -0.05) is 38.1 Å². The smallest absolute Gasteiger partial charge is 0.0522 e. The molecule has 0 aliphatic heterocycles. The van der Waals surface area contributed by atoms with Crippen molar-refractivity contribution in [2.75, 3.05) is 11.9 Å². The van der Waals surface area contributed by atoms with Crippen LogP contribution >= 0.6 is 11.8 Å². The van der Waals surface area contributed by atoms with Crippen LogP contribution in [0, 0.1) is 0 Å². The molecule has 0 aliphatic carbocycles. The SMILES string of the molecule is CC(C)Sc1ccccc1Nc1ccc(CCO)cc1. The zero-order valence-corrected chi connectivity index (χ0v) is 12.8. The molecule has 2 N–H and O–H groups in total. The third-order valence-electron chi connectivity index (χ3n) is 2.88. The summed E-state index contributed by atoms with van der Waals surface area (Å²) in [5.41, 5.74) is 3.37. The minimum Gasteiger partial charge on any atom is -0.396 e. The number of aliphatic hydroxyl groups is 1. The van der Waals surface area contributed by atoms with E-state index in [0.29, 0.717) is 11.7 Å². The highest BCUT2D eigenvalue weighted by Gasteiger charge is 2.05. The van der Waals surface area contributed by atoms with Crippen molar-refractivity contribution in [3.63, 3.8) is 0 Å². The fraction of sp³-hybridized carbons (Fsp3) is 0.294. The molecule has 0 heterocycles. The molecule has 106 valence electrons. The third-order valence-corrected chi connectivity index (χ3v) is 3.96. The molecule has 0 aliphatic rings. The van der Waals surface area contributed by atoms with Gasteiger partial charge in [0, 0.05) is 22.4 Å². The van der Waals surface area contributed by atoms with E-state index < -0.39 is 0 Å². The van der Waals surface area contributed by atoms with E-state index in [-0.39, 0.29) is 6.61 Å². The van der Waals surface area contributed by atoms with E-state index >= 15 is 0 Å². The number of benzene rings is 2. The Kier molecular flexibility index (Phi) is 5.50. The molecule has 0 amide bonds. The lowest BCUT2D eigenvalue weighted by molar-refractivity contribution is 0.299. The summed E-state index contributed by atoms with van der Waals surface area (Å²) in [6, 6.07) is 16.6. The zero-order chi connectivity index (χ0) is 14.4. The second kappa shape index (κ2) is 7.36. The van der Waals surface area contributed by atoms with Gasteiger partial charge in [-0.2, -0.15) is 0 Å². The van der Waals surface area contributed by atoms with E-state index in [0.717, 1.165) is 16.9 Å². The number of rotatable bonds is 6. The number of hydrogen-bond acceptors (Lipinski definition) is 3. The van der Waals surface area contributed by atoms with Crippen molar-refractivity contribution in [1.29, 1.82) is 0 Å². The van der Waals surface area contributed by atoms with Gasteiger partial charge in [-0.05, 0) is 36.2 Å². The summed E-state index contributed by atoms with van der Waals surface area (Å²) in [6.07, 6.45) is 0.708. The van der Waals surface area contributed by atoms with Crippen LogP contribution < -0.4 is 5.32 Å². The summed E-state index contributed by atoms with van der Waals surface area (Å²) in [6.45, 7) is 4.59. The number of nitrogens with one attached hydrogen (secondary N) is 1. The lowest BCUT2D eigenvalue weighted by atomic mass is 10.1. The third kappa shape index (κ3) is 4.29. The highest BCUT2D eigenvalue weighted by Crippen LogP contribution is 2.32. The van der Waals surface area contributed by atoms with E-state index in [1.807, 2.05) is 17.8 Å². The second-order valence-corrected chi connectivity index (χ2v) is 6.58. The molecule has 20 heavy (non-hydrogen) atoms. The Morgan fingerprint density at radius 2 is 1.75 bits per heavy atom. The molecular formula is C17H21NOS. The summed E-state index contributed by atoms with van der Waals surface area (Å²) in [4.78, 5) is 1.27. The number of anilines is 2. The normalized spacial score (nSPS) is 10.8. The van der Waals surface area contributed by atoms with Gasteiger partial charge in [0.25, 0.3) is 0 Å². The highest BCUT2D eigenvalue weighted by molar-refractivity contribution is 8.00. The second-order valence-electron chi connectivity index (χ2n) is 4.96. The molecule has 0 saturated carbocycles. The van der Waals surface area contributed by atoms with E-state index in [9.17, 15) is 0 Å². The summed E-state index contributed by atoms with van der Waals surface area (Å²) in [5.74, 6) is 0. The lowest BCUT2D eigenvalue weighted by Crippen LogP contribution is -1.95. The van der Waals surface area contributed by atoms with Crippen molar-refractivity contribution in [2.45, 2.75) is 30.4 Å². The number of hydrogen-bond donors (Lipinski definition) is 2. The number of aliphatic hydroxyl groups excluding tert-OH is 1. The minimum atomic E-state index is 0.195. The van der Waals surface area contributed by atoms with Crippen molar-refractivity contribution in [3.8, 4) is 0 Å². The molecule has 3 heteroatoms. The first-order valence-electron chi connectivity index (χ1n) is 6.91. The van der Waals surface area contributed by atoms with Crippen LogP contribution in [-0.2, 0) is 6.42 Å². The first kappa shape index (κ1) is 14.9. The highest BCUT2D eigenvalue weighted by atomic mass is 32.2. The standard InChI is InChI=1S/C17H21NOS/c1-13(2)20-17-6-4-3-5-16(17)18-15-9-7-14(8-10-15)11-12-19/h3-10,13,18-19H,11-12H2,1-2H3. The maximum absolute atomic E-state index is 8.93. The maximum atomic E-state index is 8.93. The Morgan fingerprint density at radius 1 is 1.05 bits per heavy atom. The molecule has 0 atom stereocenters. The average molecular weight is 287 g/mol. The summed E-state index contributed by atoms with van der Waals surface area (Å²) in [7, 11) is 0. The van der Waals surface area contributed by atoms with Crippen molar-refractivity contribution >= 4 is 23.1 Å². The van der Waals surface area contributed by atoms with Gasteiger partial charge in [0.05, 0.1) is 5.69 Å². The van der Waals surface area contributed by atoms with Crippen molar-refractivity contribution in [2.24, 2.45) is 0 Å². The fourth-order valence-electron chi connectivity index (χ4n) is 1.97. The van der Waals surface area contributed by atoms with Crippen LogP contribution in [0.25, 0.3) is 0 Å². The van der Waals surface area contributed by atoms with Crippen LogP contribution in [0.3, 0.4) is 0 Å². The molecule has 0 fully saturated rings. The van der Waals surface area contributed by atoms with Crippen molar-refractivity contribution < 1.29 is 5.11 Å². The van der Waals surface area contributed by atoms with E-state index in [2.05, 4.69) is 61.6 Å². The van der Waals surface area contributed by atoms with Crippen LogP contribution in [0.4, 0.5) is 11.4 Å². The van der Waals surface area contributed by atoms with Gasteiger partial charge in [-0.25, -0.2) is 0 Å². The molecule has 0 saturated heterocycles. The van der Waals surface area contributed by atoms with Gasteiger partial charge < -0.3 is 10.4 Å². The van der Waals surface area contributed by atoms with Crippen LogP contribution in [-0.4, -0.2) is 17.0 Å². The minimum absolute atomic E-state index is 0.195. The molecule has 0 unspecified atom stereocenters. The number of thioether (sulfide) groups is 1. The summed E-state index contributed by atoms with van der Waals surface area (Å²) < 4.78 is 0. The Labute approximate surface area is 125 Å². The Balaban J connectivity index is 2.13. The molecule has 0 aromatic heterocycles. The van der Waals surface area contributed by atoms with Gasteiger partial charge in [0.15, 0.2) is 0 Å². The topological polar surface area (TPSA) is 32.3 Å². The fourth-order valence-corrected chi connectivity index (χ4v) is 2.88. The van der Waals surface area contributed by atoms with Gasteiger partial charge in [0.2, 0.25) is 0 Å². The van der Waals surface area contributed by atoms with Crippen molar-refractivity contribution in [1.82, 2.24) is 0 Å². The van der Waals surface area contributed by atoms with E-state index in [4.69, 9.17) is 5.11 Å². The van der Waals surface area contributed by atoms with Gasteiger partial charge in [-0.15, -0.1) is 11.8 Å². The first-order chi connectivity index (χ1) is 9.69. The van der Waals surface area contributed by atoms with Crippen LogP contribution in [0.1, 0.15) is 19.4 Å². The quantitative estimate of drug-likeness (QED) is 0.769. The molecule has 2 nitrogen and oxygen atoms in total. The lowest BCUT2D eigenvalue weighted by Gasteiger charge is -2.13. The Morgan fingerprint density at radius 3 is 2.40 bits per heavy atom. The molecule has 2 rings (SSSR count). The van der Waals surface area contributed by atoms with Crippen molar-refractivity contribution in [3.05, 3.63) is 54.1 Å². The molecule has 2 aromatic rings. The average Bonchev–Trinajstić information content (AvgIpc) is 2.43. The van der Waals surface area contributed by atoms with Crippen LogP contribution in [0.15, 0.2) is 53.4 Å². The van der Waals surface area contributed by atoms with E-state index in [1.165, 1.54) is 4.90 Å². The largest absolute Gasteiger partial charge is 0.396 e. The van der Waals surface area contributed by atoms with Crippen LogP contribution in [0.2, 0.25) is 0 Å². The molecule has 0 bridgehead atoms. The summed E-state index contributed by atoms with van der Waals surface area (Å²) in [5, 5.41) is 13.0. The molecule has 2 aromatic carbocycles. The summed E-state index contributed by atoms with van der Waals surface area (Å²) >= 11 is 1.86. The van der Waals surface area contributed by atoms with E-state index in [1.54, 1.807) is 0 Å². The van der Waals surface area contributed by atoms with Gasteiger partial charge >= 0.3 is 0 Å². The Hall–Kier alpha value is -1.45. The number of para-hydroxylation sites is 1. The Bertz CT molecular complexity index is 537. The maximum Gasteiger partial charge on any atom is 0.0522 e. The first-order valence-corrected chi connectivity index (χ1v) is 7.79. The molecular weight excluding hydrogens is 266 g/mol.